The highest BCUT2D eigenvalue weighted by Crippen LogP contribution is 2.14. The smallest absolute Gasteiger partial charge is 0.239 e. The first-order valence-corrected chi connectivity index (χ1v) is 5.72. The Morgan fingerprint density at radius 3 is 2.82 bits per heavy atom. The summed E-state index contributed by atoms with van der Waals surface area (Å²) in [6.07, 6.45) is 0.654. The van der Waals surface area contributed by atoms with E-state index in [1.165, 1.54) is 0 Å². The third kappa shape index (κ3) is 3.75. The van der Waals surface area contributed by atoms with Crippen LogP contribution in [-0.2, 0) is 11.3 Å². The van der Waals surface area contributed by atoms with Gasteiger partial charge in [0.05, 0.1) is 13.2 Å². The van der Waals surface area contributed by atoms with Gasteiger partial charge in [-0.1, -0.05) is 19.1 Å². The molecule has 4 nitrogen and oxygen atoms in total. The first kappa shape index (κ1) is 13.5. The molecule has 1 atom stereocenters. The van der Waals surface area contributed by atoms with Crippen molar-refractivity contribution in [2.24, 2.45) is 5.73 Å². The van der Waals surface area contributed by atoms with Crippen LogP contribution in [0.25, 0.3) is 0 Å². The van der Waals surface area contributed by atoms with Crippen molar-refractivity contribution in [3.05, 3.63) is 29.8 Å². The van der Waals surface area contributed by atoms with Crippen molar-refractivity contribution in [2.75, 3.05) is 14.2 Å². The zero-order valence-electron chi connectivity index (χ0n) is 10.6. The van der Waals surface area contributed by atoms with Crippen molar-refractivity contribution in [3.63, 3.8) is 0 Å². The summed E-state index contributed by atoms with van der Waals surface area (Å²) in [7, 11) is 3.39. The molecule has 1 aromatic rings. The van der Waals surface area contributed by atoms with Crippen LogP contribution < -0.4 is 10.5 Å². The second kappa shape index (κ2) is 6.25. The number of amides is 1. The Hall–Kier alpha value is -1.55. The van der Waals surface area contributed by atoms with E-state index in [0.29, 0.717) is 13.0 Å². The fraction of sp³-hybridized carbons (Fsp3) is 0.462. The molecule has 0 bridgehead atoms. The van der Waals surface area contributed by atoms with Crippen molar-refractivity contribution in [1.82, 2.24) is 4.90 Å². The number of rotatable bonds is 5. The molecule has 0 aliphatic carbocycles. The van der Waals surface area contributed by atoms with Crippen molar-refractivity contribution < 1.29 is 9.53 Å². The lowest BCUT2D eigenvalue weighted by atomic mass is 10.1. The van der Waals surface area contributed by atoms with E-state index in [4.69, 9.17) is 10.5 Å². The maximum atomic E-state index is 11.8. The Labute approximate surface area is 102 Å². The quantitative estimate of drug-likeness (QED) is 0.840. The summed E-state index contributed by atoms with van der Waals surface area (Å²) in [5.41, 5.74) is 6.74. The Morgan fingerprint density at radius 2 is 2.24 bits per heavy atom. The van der Waals surface area contributed by atoms with Gasteiger partial charge in [0.2, 0.25) is 5.91 Å². The molecule has 0 aliphatic heterocycles. The zero-order chi connectivity index (χ0) is 12.8. The molecule has 0 spiro atoms. The predicted octanol–water partition coefficient (Wildman–Crippen LogP) is 1.39. The summed E-state index contributed by atoms with van der Waals surface area (Å²) in [4.78, 5) is 13.4. The van der Waals surface area contributed by atoms with Gasteiger partial charge in [-0.2, -0.15) is 0 Å². The zero-order valence-corrected chi connectivity index (χ0v) is 10.6. The van der Waals surface area contributed by atoms with Crippen LogP contribution in [0.1, 0.15) is 18.9 Å². The van der Waals surface area contributed by atoms with E-state index < -0.39 is 6.04 Å². The molecule has 0 saturated heterocycles. The van der Waals surface area contributed by atoms with Crippen LogP contribution in [-0.4, -0.2) is 31.0 Å². The Balaban J connectivity index is 2.67. The van der Waals surface area contributed by atoms with Gasteiger partial charge in [0.25, 0.3) is 0 Å². The van der Waals surface area contributed by atoms with E-state index >= 15 is 0 Å². The highest BCUT2D eigenvalue weighted by Gasteiger charge is 2.16. The second-order valence-electron chi connectivity index (χ2n) is 4.06. The van der Waals surface area contributed by atoms with Crippen LogP contribution in [0.4, 0.5) is 0 Å². The minimum atomic E-state index is -0.411. The van der Waals surface area contributed by atoms with E-state index in [1.807, 2.05) is 31.2 Å². The highest BCUT2D eigenvalue weighted by atomic mass is 16.5. The van der Waals surface area contributed by atoms with Gasteiger partial charge >= 0.3 is 0 Å². The number of benzene rings is 1. The van der Waals surface area contributed by atoms with Crippen LogP contribution >= 0.6 is 0 Å². The minimum Gasteiger partial charge on any atom is -0.497 e. The summed E-state index contributed by atoms with van der Waals surface area (Å²) in [6, 6.07) is 7.26. The maximum absolute atomic E-state index is 11.8. The van der Waals surface area contributed by atoms with Crippen LogP contribution in [0.3, 0.4) is 0 Å². The molecule has 0 aliphatic rings. The predicted molar refractivity (Wildman–Crippen MR) is 67.7 cm³/mol. The SMILES string of the molecule is CC[C@@H](N)C(=O)N(C)Cc1cccc(OC)c1. The van der Waals surface area contributed by atoms with Crippen molar-refractivity contribution in [1.29, 1.82) is 0 Å². The van der Waals surface area contributed by atoms with E-state index in [2.05, 4.69) is 0 Å². The average Bonchev–Trinajstić information content (AvgIpc) is 2.37. The number of carbonyl (C=O) groups is 1. The molecule has 0 radical (unpaired) electrons. The van der Waals surface area contributed by atoms with Gasteiger partial charge in [-0.05, 0) is 24.1 Å². The molecule has 1 rings (SSSR count). The van der Waals surface area contributed by atoms with E-state index in [-0.39, 0.29) is 5.91 Å². The third-order valence-electron chi connectivity index (χ3n) is 2.69. The molecule has 94 valence electrons. The summed E-state index contributed by atoms with van der Waals surface area (Å²) < 4.78 is 5.14. The van der Waals surface area contributed by atoms with Crippen molar-refractivity contribution in [3.8, 4) is 5.75 Å². The Bertz CT molecular complexity index is 379. The summed E-state index contributed by atoms with van der Waals surface area (Å²) >= 11 is 0. The standard InChI is InChI=1S/C13H20N2O2/c1-4-12(14)13(16)15(2)9-10-6-5-7-11(8-10)17-3/h5-8,12H,4,9,14H2,1-3H3/t12-/m1/s1. The Morgan fingerprint density at radius 1 is 1.53 bits per heavy atom. The van der Waals surface area contributed by atoms with Gasteiger partial charge < -0.3 is 15.4 Å². The van der Waals surface area contributed by atoms with Gasteiger partial charge in [0.1, 0.15) is 5.75 Å². The molecule has 0 aromatic heterocycles. The van der Waals surface area contributed by atoms with Crippen molar-refractivity contribution in [2.45, 2.75) is 25.9 Å². The van der Waals surface area contributed by atoms with Gasteiger partial charge in [-0.15, -0.1) is 0 Å². The van der Waals surface area contributed by atoms with Gasteiger partial charge in [-0.25, -0.2) is 0 Å². The number of ether oxygens (including phenoxy) is 1. The molecule has 1 aromatic carbocycles. The molecule has 4 heteroatoms. The normalized spacial score (nSPS) is 12.0. The third-order valence-corrected chi connectivity index (χ3v) is 2.69. The van der Waals surface area contributed by atoms with Crippen LogP contribution in [0, 0.1) is 0 Å². The van der Waals surface area contributed by atoms with E-state index in [0.717, 1.165) is 11.3 Å². The molecular formula is C13H20N2O2. The number of nitrogens with zero attached hydrogens (tertiary/aromatic N) is 1. The second-order valence-corrected chi connectivity index (χ2v) is 4.06. The molecule has 17 heavy (non-hydrogen) atoms. The Kier molecular flexibility index (Phi) is 4.97. The topological polar surface area (TPSA) is 55.6 Å². The van der Waals surface area contributed by atoms with Crippen LogP contribution in [0.2, 0.25) is 0 Å². The minimum absolute atomic E-state index is 0.0321. The molecule has 0 fully saturated rings. The fourth-order valence-electron chi connectivity index (χ4n) is 1.58. The van der Waals surface area contributed by atoms with Gasteiger partial charge in [0, 0.05) is 13.6 Å². The number of nitrogens with two attached hydrogens (primary N) is 1. The molecule has 0 heterocycles. The summed E-state index contributed by atoms with van der Waals surface area (Å²) in [5, 5.41) is 0. The van der Waals surface area contributed by atoms with Crippen molar-refractivity contribution >= 4 is 5.91 Å². The average molecular weight is 236 g/mol. The first-order chi connectivity index (χ1) is 8.08. The lowest BCUT2D eigenvalue weighted by Crippen LogP contribution is -2.40. The first-order valence-electron chi connectivity index (χ1n) is 5.72. The molecule has 0 saturated carbocycles. The largest absolute Gasteiger partial charge is 0.497 e. The fourth-order valence-corrected chi connectivity index (χ4v) is 1.58. The molecule has 1 amide bonds. The molecule has 0 unspecified atom stereocenters. The maximum Gasteiger partial charge on any atom is 0.239 e. The lowest BCUT2D eigenvalue weighted by Gasteiger charge is -2.20. The number of carbonyl (C=O) groups excluding carboxylic acids is 1. The van der Waals surface area contributed by atoms with Gasteiger partial charge in [0.15, 0.2) is 0 Å². The van der Waals surface area contributed by atoms with Gasteiger partial charge in [-0.3, -0.25) is 4.79 Å². The monoisotopic (exact) mass is 236 g/mol. The van der Waals surface area contributed by atoms with E-state index in [9.17, 15) is 4.79 Å². The summed E-state index contributed by atoms with van der Waals surface area (Å²) in [5.74, 6) is 0.762. The molecular weight excluding hydrogens is 216 g/mol. The van der Waals surface area contributed by atoms with E-state index in [1.54, 1.807) is 19.1 Å². The number of hydrogen-bond acceptors (Lipinski definition) is 3. The van der Waals surface area contributed by atoms with Crippen LogP contribution in [0.5, 0.6) is 5.75 Å². The number of likely N-dealkylation sites (N-methyl/N-ethyl adjacent to an activating group) is 1. The molecule has 2 N–H and O–H groups in total. The summed E-state index contributed by atoms with van der Waals surface area (Å²) in [6.45, 7) is 2.45. The number of hydrogen-bond donors (Lipinski definition) is 1. The van der Waals surface area contributed by atoms with Crippen LogP contribution in [0.15, 0.2) is 24.3 Å². The number of methoxy groups -OCH3 is 1. The highest BCUT2D eigenvalue weighted by molar-refractivity contribution is 5.81. The lowest BCUT2D eigenvalue weighted by molar-refractivity contribution is -0.131.